The van der Waals surface area contributed by atoms with Crippen LogP contribution >= 0.6 is 11.3 Å². The van der Waals surface area contributed by atoms with E-state index in [1.165, 1.54) is 18.6 Å². The van der Waals surface area contributed by atoms with Crippen molar-refractivity contribution in [3.63, 3.8) is 0 Å². The van der Waals surface area contributed by atoms with Crippen LogP contribution in [0.4, 0.5) is 9.93 Å². The Kier molecular flexibility index (Phi) is 8.63. The Labute approximate surface area is 198 Å². The van der Waals surface area contributed by atoms with E-state index in [0.29, 0.717) is 12.1 Å². The van der Waals surface area contributed by atoms with E-state index in [0.717, 1.165) is 16.9 Å². The number of anilines is 1. The van der Waals surface area contributed by atoms with Crippen molar-refractivity contribution in [3.05, 3.63) is 77.1 Å². The molecule has 3 aromatic rings. The van der Waals surface area contributed by atoms with Crippen LogP contribution in [-0.4, -0.2) is 45.4 Å². The van der Waals surface area contributed by atoms with E-state index in [1.807, 2.05) is 30.3 Å². The second-order valence-electron chi connectivity index (χ2n) is 7.01. The largest absolute Gasteiger partial charge is 0.481 e. The molecule has 3 rings (SSSR count). The van der Waals surface area contributed by atoms with Gasteiger partial charge in [-0.25, -0.2) is 9.78 Å². The zero-order valence-corrected chi connectivity index (χ0v) is 18.7. The number of aliphatic carboxylic acids is 1. The first-order chi connectivity index (χ1) is 16.4. The molecule has 0 saturated heterocycles. The molecule has 1 aromatic carbocycles. The van der Waals surface area contributed by atoms with Crippen LogP contribution in [0.25, 0.3) is 0 Å². The molecule has 0 aliphatic heterocycles. The number of carboxylic acid groups (broad SMARTS) is 1. The molecule has 0 spiro atoms. The van der Waals surface area contributed by atoms with Crippen molar-refractivity contribution < 1.29 is 24.3 Å². The Hall–Kier alpha value is -4.32. The fraction of sp³-hybridized carbons (Fsp3) is 0.182. The SMILES string of the molecule is O=C(O)CC(NC(=O)CNC(=O)c1cnc(NC(=O)NCc2ccccc2)s1)c1cccnc1. The Bertz CT molecular complexity index is 1140. The van der Waals surface area contributed by atoms with Crippen molar-refractivity contribution >= 4 is 40.3 Å². The normalized spacial score (nSPS) is 11.2. The quantitative estimate of drug-likeness (QED) is 0.295. The van der Waals surface area contributed by atoms with E-state index in [1.54, 1.807) is 12.1 Å². The molecule has 4 amide bonds. The number of carboxylic acids is 1. The van der Waals surface area contributed by atoms with Gasteiger partial charge in [-0.05, 0) is 17.2 Å². The van der Waals surface area contributed by atoms with Gasteiger partial charge in [-0.2, -0.15) is 0 Å². The fourth-order valence-electron chi connectivity index (χ4n) is 2.86. The summed E-state index contributed by atoms with van der Waals surface area (Å²) < 4.78 is 0. The van der Waals surface area contributed by atoms with Crippen LogP contribution < -0.4 is 21.3 Å². The number of hydrogen-bond donors (Lipinski definition) is 5. The highest BCUT2D eigenvalue weighted by Crippen LogP contribution is 2.18. The first-order valence-electron chi connectivity index (χ1n) is 10.1. The van der Waals surface area contributed by atoms with E-state index in [4.69, 9.17) is 5.11 Å². The zero-order valence-electron chi connectivity index (χ0n) is 17.9. The highest BCUT2D eigenvalue weighted by atomic mass is 32.1. The number of nitrogens with one attached hydrogen (secondary N) is 4. The fourth-order valence-corrected chi connectivity index (χ4v) is 3.59. The van der Waals surface area contributed by atoms with Gasteiger partial charge in [0.1, 0.15) is 4.88 Å². The van der Waals surface area contributed by atoms with E-state index in [-0.39, 0.29) is 23.0 Å². The van der Waals surface area contributed by atoms with E-state index in [9.17, 15) is 19.2 Å². The Morgan fingerprint density at radius 3 is 2.50 bits per heavy atom. The summed E-state index contributed by atoms with van der Waals surface area (Å²) >= 11 is 0.949. The first-order valence-corrected chi connectivity index (χ1v) is 11.0. The van der Waals surface area contributed by atoms with Gasteiger partial charge in [-0.3, -0.25) is 24.7 Å². The highest BCUT2D eigenvalue weighted by molar-refractivity contribution is 7.17. The van der Waals surface area contributed by atoms with Crippen molar-refractivity contribution in [2.24, 2.45) is 0 Å². The first kappa shape index (κ1) is 24.3. The lowest BCUT2D eigenvalue weighted by Crippen LogP contribution is -2.39. The topological polar surface area (TPSA) is 162 Å². The van der Waals surface area contributed by atoms with Crippen LogP contribution in [0, 0.1) is 0 Å². The summed E-state index contributed by atoms with van der Waals surface area (Å²) in [4.78, 5) is 55.9. The number of carbonyl (C=O) groups excluding carboxylic acids is 3. The summed E-state index contributed by atoms with van der Waals surface area (Å²) in [6.45, 7) is -0.0319. The van der Waals surface area contributed by atoms with Gasteiger partial charge in [-0.15, -0.1) is 0 Å². The second-order valence-corrected chi connectivity index (χ2v) is 8.04. The Morgan fingerprint density at radius 2 is 1.79 bits per heavy atom. The number of thiazole rings is 1. The average Bonchev–Trinajstić information content (AvgIpc) is 3.30. The van der Waals surface area contributed by atoms with Gasteiger partial charge in [0.25, 0.3) is 5.91 Å². The number of urea groups is 1. The molecule has 0 saturated carbocycles. The molecule has 34 heavy (non-hydrogen) atoms. The minimum atomic E-state index is -1.09. The molecule has 0 bridgehead atoms. The van der Waals surface area contributed by atoms with E-state index < -0.39 is 29.9 Å². The number of rotatable bonds is 10. The number of amides is 4. The predicted molar refractivity (Wildman–Crippen MR) is 124 cm³/mol. The number of aromatic nitrogens is 2. The maximum Gasteiger partial charge on any atom is 0.321 e. The summed E-state index contributed by atoms with van der Waals surface area (Å²) in [5, 5.41) is 19.6. The van der Waals surface area contributed by atoms with Crippen LogP contribution in [-0.2, 0) is 16.1 Å². The molecule has 176 valence electrons. The molecular formula is C22H22N6O5S. The van der Waals surface area contributed by atoms with Crippen molar-refractivity contribution in [1.29, 1.82) is 0 Å². The molecule has 0 aliphatic carbocycles. The van der Waals surface area contributed by atoms with Gasteiger partial charge in [0.05, 0.1) is 25.2 Å². The minimum Gasteiger partial charge on any atom is -0.481 e. The summed E-state index contributed by atoms with van der Waals surface area (Å²) in [6, 6.07) is 11.4. The number of carbonyl (C=O) groups is 4. The maximum absolute atomic E-state index is 12.3. The zero-order chi connectivity index (χ0) is 24.3. The average molecular weight is 483 g/mol. The van der Waals surface area contributed by atoms with Gasteiger partial charge >= 0.3 is 12.0 Å². The van der Waals surface area contributed by atoms with E-state index >= 15 is 0 Å². The molecular weight excluding hydrogens is 460 g/mol. The molecule has 0 fully saturated rings. The van der Waals surface area contributed by atoms with Crippen molar-refractivity contribution in [3.8, 4) is 0 Å². The van der Waals surface area contributed by atoms with Crippen LogP contribution in [0.1, 0.15) is 33.3 Å². The second kappa shape index (κ2) is 12.1. The van der Waals surface area contributed by atoms with Gasteiger partial charge in [0.15, 0.2) is 5.13 Å². The number of nitrogens with zero attached hydrogens (tertiary/aromatic N) is 2. The predicted octanol–water partition coefficient (Wildman–Crippen LogP) is 1.92. The molecule has 1 atom stereocenters. The third-order valence-electron chi connectivity index (χ3n) is 4.46. The lowest BCUT2D eigenvalue weighted by atomic mass is 10.1. The van der Waals surface area contributed by atoms with Crippen molar-refractivity contribution in [2.45, 2.75) is 19.0 Å². The third-order valence-corrected chi connectivity index (χ3v) is 5.37. The molecule has 0 radical (unpaired) electrons. The van der Waals surface area contributed by atoms with Gasteiger partial charge < -0.3 is 21.1 Å². The molecule has 11 nitrogen and oxygen atoms in total. The van der Waals surface area contributed by atoms with Crippen LogP contribution in [0.2, 0.25) is 0 Å². The Balaban J connectivity index is 1.46. The van der Waals surface area contributed by atoms with Gasteiger partial charge in [0, 0.05) is 18.9 Å². The highest BCUT2D eigenvalue weighted by Gasteiger charge is 2.19. The molecule has 2 heterocycles. The van der Waals surface area contributed by atoms with Crippen LogP contribution in [0.15, 0.2) is 61.1 Å². The molecule has 0 aliphatic rings. The molecule has 1 unspecified atom stereocenters. The Morgan fingerprint density at radius 1 is 1.00 bits per heavy atom. The standard InChI is InChI=1S/C22H22N6O5S/c29-18(27-16(9-19(30)31)15-7-4-8-23-11-15)13-24-20(32)17-12-26-22(34-17)28-21(33)25-10-14-5-2-1-3-6-14/h1-8,11-12,16H,9-10,13H2,(H,24,32)(H,27,29)(H,30,31)(H2,25,26,28,33). The molecule has 5 N–H and O–H groups in total. The monoisotopic (exact) mass is 482 g/mol. The smallest absolute Gasteiger partial charge is 0.321 e. The number of benzene rings is 1. The number of pyridine rings is 1. The lowest BCUT2D eigenvalue weighted by molar-refractivity contribution is -0.137. The molecule has 2 aromatic heterocycles. The summed E-state index contributed by atoms with van der Waals surface area (Å²) in [5.41, 5.74) is 1.47. The van der Waals surface area contributed by atoms with Crippen molar-refractivity contribution in [1.82, 2.24) is 25.9 Å². The third kappa shape index (κ3) is 7.67. The maximum atomic E-state index is 12.3. The molecule has 12 heteroatoms. The van der Waals surface area contributed by atoms with Crippen molar-refractivity contribution in [2.75, 3.05) is 11.9 Å². The summed E-state index contributed by atoms with van der Waals surface area (Å²) in [5.74, 6) is -2.20. The van der Waals surface area contributed by atoms with Crippen LogP contribution in [0.5, 0.6) is 0 Å². The van der Waals surface area contributed by atoms with Gasteiger partial charge in [-0.1, -0.05) is 47.7 Å². The lowest BCUT2D eigenvalue weighted by Gasteiger charge is -2.17. The van der Waals surface area contributed by atoms with E-state index in [2.05, 4.69) is 31.2 Å². The minimum absolute atomic E-state index is 0.195. The number of hydrogen-bond acceptors (Lipinski definition) is 7. The van der Waals surface area contributed by atoms with Crippen LogP contribution in [0.3, 0.4) is 0 Å². The summed E-state index contributed by atoms with van der Waals surface area (Å²) in [7, 11) is 0. The van der Waals surface area contributed by atoms with Gasteiger partial charge in [0.2, 0.25) is 5.91 Å². The summed E-state index contributed by atoms with van der Waals surface area (Å²) in [6.07, 6.45) is 3.96.